The minimum absolute atomic E-state index is 0.0108. The molecule has 0 radical (unpaired) electrons. The van der Waals surface area contributed by atoms with Gasteiger partial charge in [-0.05, 0) is 61.8 Å². The molecule has 174 valence electrons. The summed E-state index contributed by atoms with van der Waals surface area (Å²) in [6, 6.07) is 17.3. The van der Waals surface area contributed by atoms with Gasteiger partial charge in [-0.25, -0.2) is 4.79 Å². The summed E-state index contributed by atoms with van der Waals surface area (Å²) in [4.78, 5) is 25.4. The lowest BCUT2D eigenvalue weighted by atomic mass is 9.62. The van der Waals surface area contributed by atoms with Gasteiger partial charge in [0.05, 0.1) is 17.7 Å². The van der Waals surface area contributed by atoms with E-state index in [2.05, 4.69) is 24.3 Å². The van der Waals surface area contributed by atoms with E-state index in [1.165, 1.54) is 5.56 Å². The quantitative estimate of drug-likeness (QED) is 0.520. The first kappa shape index (κ1) is 23.2. The Morgan fingerprint density at radius 2 is 1.76 bits per heavy atom. The van der Waals surface area contributed by atoms with Gasteiger partial charge in [-0.15, -0.1) is 0 Å². The first-order valence-corrected chi connectivity index (χ1v) is 12.0. The molecule has 2 aromatic rings. The van der Waals surface area contributed by atoms with Crippen LogP contribution in [0.15, 0.2) is 66.7 Å². The molecule has 1 aliphatic heterocycles. The van der Waals surface area contributed by atoms with Gasteiger partial charge in [0.2, 0.25) is 5.91 Å². The van der Waals surface area contributed by atoms with Crippen molar-refractivity contribution in [3.05, 3.63) is 83.4 Å². The summed E-state index contributed by atoms with van der Waals surface area (Å²) in [6.45, 7) is 0.593. The number of hydrogen-bond acceptors (Lipinski definition) is 3. The summed E-state index contributed by atoms with van der Waals surface area (Å²) in [6.07, 6.45) is 10.7. The maximum absolute atomic E-state index is 12.5. The van der Waals surface area contributed by atoms with Crippen LogP contribution in [0.2, 0.25) is 0 Å². The smallest absolute Gasteiger partial charge is 0.335 e. The fourth-order valence-electron chi connectivity index (χ4n) is 5.11. The normalized spacial score (nSPS) is 20.7. The summed E-state index contributed by atoms with van der Waals surface area (Å²) >= 11 is 0. The number of carboxylic acids is 1. The van der Waals surface area contributed by atoms with Crippen molar-refractivity contribution in [3.63, 3.8) is 0 Å². The fraction of sp³-hybridized carbons (Fsp3) is 0.429. The molecule has 1 saturated heterocycles. The topological polar surface area (TPSA) is 77.8 Å². The zero-order chi connectivity index (χ0) is 23.3. The van der Waals surface area contributed by atoms with Crippen molar-refractivity contribution < 1.29 is 19.8 Å². The predicted molar refractivity (Wildman–Crippen MR) is 128 cm³/mol. The maximum atomic E-state index is 12.5. The van der Waals surface area contributed by atoms with Crippen LogP contribution >= 0.6 is 0 Å². The summed E-state index contributed by atoms with van der Waals surface area (Å²) < 4.78 is 0. The van der Waals surface area contributed by atoms with Crippen molar-refractivity contribution in [2.45, 2.75) is 63.5 Å². The Morgan fingerprint density at radius 3 is 2.39 bits per heavy atom. The molecule has 1 heterocycles. The number of aliphatic hydroxyl groups excluding tert-OH is 1. The fourth-order valence-corrected chi connectivity index (χ4v) is 5.11. The SMILES string of the molecule is O=C(O)c1ccc(CCN2C(=O)CCC2/C=C/C(O)C2(CCc3ccccc3)CCC2)cc1. The van der Waals surface area contributed by atoms with E-state index in [1.54, 1.807) is 12.1 Å². The Morgan fingerprint density at radius 1 is 1.06 bits per heavy atom. The highest BCUT2D eigenvalue weighted by Crippen LogP contribution is 2.48. The third-order valence-corrected chi connectivity index (χ3v) is 7.46. The van der Waals surface area contributed by atoms with E-state index in [4.69, 9.17) is 5.11 Å². The van der Waals surface area contributed by atoms with Crippen LogP contribution in [-0.4, -0.2) is 45.7 Å². The molecule has 4 rings (SSSR count). The highest BCUT2D eigenvalue weighted by Gasteiger charge is 2.42. The Labute approximate surface area is 195 Å². The van der Waals surface area contributed by atoms with E-state index < -0.39 is 12.1 Å². The summed E-state index contributed by atoms with van der Waals surface area (Å²) in [5.74, 6) is -0.795. The minimum Gasteiger partial charge on any atom is -0.478 e. The molecule has 5 heteroatoms. The summed E-state index contributed by atoms with van der Waals surface area (Å²) in [5.41, 5.74) is 2.54. The van der Waals surface area contributed by atoms with Gasteiger partial charge >= 0.3 is 5.97 Å². The lowest BCUT2D eigenvalue weighted by molar-refractivity contribution is -0.128. The number of aryl methyl sites for hydroxylation is 1. The van der Waals surface area contributed by atoms with Crippen LogP contribution in [0.5, 0.6) is 0 Å². The third-order valence-electron chi connectivity index (χ3n) is 7.46. The molecule has 2 fully saturated rings. The highest BCUT2D eigenvalue weighted by atomic mass is 16.4. The standard InChI is InChI=1S/C28H33NO4/c30-25(28(17-4-18-28)19-15-21-5-2-1-3-6-21)13-11-24-12-14-26(31)29(24)20-16-22-7-9-23(10-8-22)27(32)33/h1-3,5-11,13,24-25,30H,4,12,14-20H2,(H,32,33)/b13-11+. The lowest BCUT2D eigenvalue weighted by Crippen LogP contribution is -2.41. The number of carbonyl (C=O) groups excluding carboxylic acids is 1. The van der Waals surface area contributed by atoms with Gasteiger partial charge in [-0.2, -0.15) is 0 Å². The van der Waals surface area contributed by atoms with Gasteiger partial charge in [0.1, 0.15) is 0 Å². The van der Waals surface area contributed by atoms with Crippen LogP contribution in [0.25, 0.3) is 0 Å². The number of amides is 1. The van der Waals surface area contributed by atoms with E-state index >= 15 is 0 Å². The molecule has 1 amide bonds. The zero-order valence-electron chi connectivity index (χ0n) is 19.0. The molecule has 1 aliphatic carbocycles. The number of aliphatic hydroxyl groups is 1. The number of hydrogen-bond donors (Lipinski definition) is 2. The first-order valence-electron chi connectivity index (χ1n) is 12.0. The van der Waals surface area contributed by atoms with Crippen LogP contribution in [0.1, 0.15) is 60.0 Å². The number of rotatable bonds is 10. The molecule has 33 heavy (non-hydrogen) atoms. The van der Waals surface area contributed by atoms with Crippen LogP contribution in [0, 0.1) is 5.41 Å². The van der Waals surface area contributed by atoms with Crippen molar-refractivity contribution >= 4 is 11.9 Å². The van der Waals surface area contributed by atoms with Crippen molar-refractivity contribution in [3.8, 4) is 0 Å². The largest absolute Gasteiger partial charge is 0.478 e. The van der Waals surface area contributed by atoms with Gasteiger partial charge < -0.3 is 15.1 Å². The molecule has 0 bridgehead atoms. The Hall–Kier alpha value is -2.92. The number of carboxylic acid groups (broad SMARTS) is 1. The summed E-state index contributed by atoms with van der Waals surface area (Å²) in [5, 5.41) is 20.1. The second-order valence-electron chi connectivity index (χ2n) is 9.48. The van der Waals surface area contributed by atoms with E-state index in [0.717, 1.165) is 44.1 Å². The second kappa shape index (κ2) is 10.3. The van der Waals surface area contributed by atoms with Gasteiger partial charge in [0, 0.05) is 18.4 Å². The number of nitrogens with zero attached hydrogens (tertiary/aromatic N) is 1. The Kier molecular flexibility index (Phi) is 7.29. The van der Waals surface area contributed by atoms with Gasteiger partial charge in [-0.1, -0.05) is 61.0 Å². The zero-order valence-corrected chi connectivity index (χ0v) is 19.0. The van der Waals surface area contributed by atoms with E-state index in [1.807, 2.05) is 35.3 Å². The Balaban J connectivity index is 1.34. The molecule has 0 spiro atoms. The molecular weight excluding hydrogens is 414 g/mol. The second-order valence-corrected chi connectivity index (χ2v) is 9.48. The van der Waals surface area contributed by atoms with Crippen LogP contribution in [0.3, 0.4) is 0 Å². The lowest BCUT2D eigenvalue weighted by Gasteiger charge is -2.45. The average Bonchev–Trinajstić information content (AvgIpc) is 3.15. The van der Waals surface area contributed by atoms with Crippen molar-refractivity contribution in [1.29, 1.82) is 0 Å². The molecule has 1 saturated carbocycles. The predicted octanol–water partition coefficient (Wildman–Crippen LogP) is 4.64. The molecule has 0 aromatic heterocycles. The van der Waals surface area contributed by atoms with E-state index in [-0.39, 0.29) is 22.9 Å². The van der Waals surface area contributed by atoms with Gasteiger partial charge in [0.25, 0.3) is 0 Å². The van der Waals surface area contributed by atoms with Crippen LogP contribution < -0.4 is 0 Å². The van der Waals surface area contributed by atoms with Crippen LogP contribution in [-0.2, 0) is 17.6 Å². The molecule has 2 N–H and O–H groups in total. The first-order chi connectivity index (χ1) is 16.0. The highest BCUT2D eigenvalue weighted by molar-refractivity contribution is 5.87. The van der Waals surface area contributed by atoms with Gasteiger partial charge in [-0.3, -0.25) is 4.79 Å². The van der Waals surface area contributed by atoms with Crippen LogP contribution in [0.4, 0.5) is 0 Å². The van der Waals surface area contributed by atoms with Gasteiger partial charge in [0.15, 0.2) is 0 Å². The number of aromatic carboxylic acids is 1. The summed E-state index contributed by atoms with van der Waals surface area (Å²) in [7, 11) is 0. The minimum atomic E-state index is -0.937. The maximum Gasteiger partial charge on any atom is 0.335 e. The van der Waals surface area contributed by atoms with E-state index in [0.29, 0.717) is 19.4 Å². The number of carbonyl (C=O) groups is 2. The monoisotopic (exact) mass is 447 g/mol. The molecule has 2 aromatic carbocycles. The van der Waals surface area contributed by atoms with Crippen molar-refractivity contribution in [2.75, 3.05) is 6.54 Å². The molecular formula is C28H33NO4. The third kappa shape index (κ3) is 5.53. The molecule has 5 nitrogen and oxygen atoms in total. The number of likely N-dealkylation sites (tertiary alicyclic amines) is 1. The number of benzene rings is 2. The molecule has 2 aliphatic rings. The Bertz CT molecular complexity index is 979. The van der Waals surface area contributed by atoms with E-state index in [9.17, 15) is 14.7 Å². The van der Waals surface area contributed by atoms with Crippen molar-refractivity contribution in [2.24, 2.45) is 5.41 Å². The van der Waals surface area contributed by atoms with Crippen molar-refractivity contribution in [1.82, 2.24) is 4.90 Å². The molecule has 2 unspecified atom stereocenters. The molecule has 2 atom stereocenters. The average molecular weight is 448 g/mol.